The van der Waals surface area contributed by atoms with Crippen LogP contribution in [0.5, 0.6) is 0 Å². The molecule has 2 rings (SSSR count). The van der Waals surface area contributed by atoms with Gasteiger partial charge < -0.3 is 4.90 Å². The van der Waals surface area contributed by atoms with Crippen molar-refractivity contribution in [2.24, 2.45) is 0 Å². The second-order valence-corrected chi connectivity index (χ2v) is 4.17. The summed E-state index contributed by atoms with van der Waals surface area (Å²) in [5.41, 5.74) is 2.76. The van der Waals surface area contributed by atoms with Gasteiger partial charge in [-0.1, -0.05) is 34.1 Å². The van der Waals surface area contributed by atoms with Crippen LogP contribution in [0.4, 0.5) is 5.69 Å². The number of nitrogens with zero attached hydrogens (tertiary/aromatic N) is 1. The molecule has 1 aromatic rings. The van der Waals surface area contributed by atoms with Crippen molar-refractivity contribution in [3.05, 3.63) is 29.8 Å². The molecule has 1 aromatic carbocycles. The molecule has 70 valence electrons. The predicted molar refractivity (Wildman–Crippen MR) is 60.5 cm³/mol. The van der Waals surface area contributed by atoms with E-state index in [-0.39, 0.29) is 0 Å². The van der Waals surface area contributed by atoms with Crippen LogP contribution < -0.4 is 4.90 Å². The zero-order valence-corrected chi connectivity index (χ0v) is 9.42. The average molecular weight is 240 g/mol. The SMILES string of the molecule is CN(c1ccccc1CBr)C1CC1. The highest BCUT2D eigenvalue weighted by atomic mass is 79.9. The molecule has 0 radical (unpaired) electrons. The Balaban J connectivity index is 2.26. The van der Waals surface area contributed by atoms with Crippen LogP contribution in [-0.4, -0.2) is 13.1 Å². The van der Waals surface area contributed by atoms with Gasteiger partial charge in [-0.15, -0.1) is 0 Å². The molecule has 0 aliphatic heterocycles. The van der Waals surface area contributed by atoms with E-state index in [1.807, 2.05) is 0 Å². The lowest BCUT2D eigenvalue weighted by Gasteiger charge is -2.21. The third-order valence-electron chi connectivity index (χ3n) is 2.61. The third kappa shape index (κ3) is 1.88. The Morgan fingerprint density at radius 1 is 1.38 bits per heavy atom. The second-order valence-electron chi connectivity index (χ2n) is 3.60. The first-order valence-electron chi connectivity index (χ1n) is 4.69. The maximum atomic E-state index is 3.52. The van der Waals surface area contributed by atoms with E-state index in [9.17, 15) is 0 Å². The van der Waals surface area contributed by atoms with Crippen molar-refractivity contribution in [3.63, 3.8) is 0 Å². The Morgan fingerprint density at radius 3 is 2.69 bits per heavy atom. The number of halogens is 1. The molecule has 2 heteroatoms. The van der Waals surface area contributed by atoms with Gasteiger partial charge in [0.25, 0.3) is 0 Å². The van der Waals surface area contributed by atoms with E-state index >= 15 is 0 Å². The molecule has 0 atom stereocenters. The molecule has 1 nitrogen and oxygen atoms in total. The quantitative estimate of drug-likeness (QED) is 0.733. The normalized spacial score (nSPS) is 15.8. The van der Waals surface area contributed by atoms with Gasteiger partial charge in [-0.2, -0.15) is 0 Å². The van der Waals surface area contributed by atoms with Crippen LogP contribution in [0.3, 0.4) is 0 Å². The number of alkyl halides is 1. The summed E-state index contributed by atoms with van der Waals surface area (Å²) < 4.78 is 0. The molecule has 1 fully saturated rings. The van der Waals surface area contributed by atoms with E-state index in [4.69, 9.17) is 0 Å². The maximum absolute atomic E-state index is 3.52. The summed E-state index contributed by atoms with van der Waals surface area (Å²) in [6, 6.07) is 9.39. The largest absolute Gasteiger partial charge is 0.371 e. The van der Waals surface area contributed by atoms with Gasteiger partial charge >= 0.3 is 0 Å². The molecule has 0 aromatic heterocycles. The van der Waals surface area contributed by atoms with Crippen molar-refractivity contribution in [3.8, 4) is 0 Å². The first-order valence-corrected chi connectivity index (χ1v) is 5.82. The molecule has 1 aliphatic carbocycles. The molecule has 0 unspecified atom stereocenters. The van der Waals surface area contributed by atoms with Gasteiger partial charge in [-0.25, -0.2) is 0 Å². The van der Waals surface area contributed by atoms with Gasteiger partial charge in [0.05, 0.1) is 0 Å². The van der Waals surface area contributed by atoms with Crippen molar-refractivity contribution in [1.29, 1.82) is 0 Å². The van der Waals surface area contributed by atoms with Crippen LogP contribution in [0, 0.1) is 0 Å². The van der Waals surface area contributed by atoms with Gasteiger partial charge in [0.15, 0.2) is 0 Å². The molecule has 0 spiro atoms. The average Bonchev–Trinajstić information content (AvgIpc) is 3.00. The smallest absolute Gasteiger partial charge is 0.0407 e. The molecule has 0 bridgehead atoms. The highest BCUT2D eigenvalue weighted by molar-refractivity contribution is 9.08. The molecule has 0 saturated heterocycles. The van der Waals surface area contributed by atoms with Crippen molar-refractivity contribution >= 4 is 21.6 Å². The number of hydrogen-bond donors (Lipinski definition) is 0. The van der Waals surface area contributed by atoms with Crippen molar-refractivity contribution in [2.75, 3.05) is 11.9 Å². The van der Waals surface area contributed by atoms with Gasteiger partial charge in [0, 0.05) is 24.1 Å². The fourth-order valence-electron chi connectivity index (χ4n) is 1.63. The van der Waals surface area contributed by atoms with Crippen LogP contribution in [0.15, 0.2) is 24.3 Å². The molecular formula is C11H14BrN. The summed E-state index contributed by atoms with van der Waals surface area (Å²) in [7, 11) is 2.19. The first kappa shape index (κ1) is 9.07. The number of para-hydroxylation sites is 1. The lowest BCUT2D eigenvalue weighted by molar-refractivity contribution is 0.911. The maximum Gasteiger partial charge on any atom is 0.0407 e. The van der Waals surface area contributed by atoms with Crippen LogP contribution in [0.2, 0.25) is 0 Å². The topological polar surface area (TPSA) is 3.24 Å². The fourth-order valence-corrected chi connectivity index (χ4v) is 2.10. The lowest BCUT2D eigenvalue weighted by atomic mass is 10.2. The zero-order valence-electron chi connectivity index (χ0n) is 7.83. The Morgan fingerprint density at radius 2 is 2.08 bits per heavy atom. The fraction of sp³-hybridized carbons (Fsp3) is 0.455. The number of hydrogen-bond acceptors (Lipinski definition) is 1. The number of rotatable bonds is 3. The predicted octanol–water partition coefficient (Wildman–Crippen LogP) is 3.18. The van der Waals surface area contributed by atoms with Crippen LogP contribution in [-0.2, 0) is 5.33 Å². The lowest BCUT2D eigenvalue weighted by Crippen LogP contribution is -2.20. The van der Waals surface area contributed by atoms with E-state index in [0.29, 0.717) is 0 Å². The highest BCUT2D eigenvalue weighted by Gasteiger charge is 2.27. The summed E-state index contributed by atoms with van der Waals surface area (Å²) in [6.45, 7) is 0. The van der Waals surface area contributed by atoms with Crippen LogP contribution in [0.1, 0.15) is 18.4 Å². The van der Waals surface area contributed by atoms with Gasteiger partial charge in [-0.05, 0) is 24.5 Å². The second kappa shape index (κ2) is 3.70. The Labute approximate surface area is 87.9 Å². The molecule has 0 heterocycles. The Bertz CT molecular complexity index is 294. The van der Waals surface area contributed by atoms with E-state index in [0.717, 1.165) is 11.4 Å². The number of benzene rings is 1. The molecule has 0 amide bonds. The minimum Gasteiger partial charge on any atom is -0.371 e. The Hall–Kier alpha value is -0.500. The molecular weight excluding hydrogens is 226 g/mol. The minimum atomic E-state index is 0.792. The van der Waals surface area contributed by atoms with Crippen LogP contribution >= 0.6 is 15.9 Å². The van der Waals surface area contributed by atoms with E-state index < -0.39 is 0 Å². The molecule has 1 saturated carbocycles. The summed E-state index contributed by atoms with van der Waals surface area (Å²) in [5, 5.41) is 0.945. The third-order valence-corrected chi connectivity index (χ3v) is 3.21. The zero-order chi connectivity index (χ0) is 9.26. The van der Waals surface area contributed by atoms with Crippen molar-refractivity contribution in [1.82, 2.24) is 0 Å². The first-order chi connectivity index (χ1) is 6.33. The van der Waals surface area contributed by atoms with Gasteiger partial charge in [0.1, 0.15) is 0 Å². The Kier molecular flexibility index (Phi) is 2.58. The van der Waals surface area contributed by atoms with E-state index in [1.54, 1.807) is 0 Å². The minimum absolute atomic E-state index is 0.792. The van der Waals surface area contributed by atoms with Crippen LogP contribution in [0.25, 0.3) is 0 Å². The van der Waals surface area contributed by atoms with Gasteiger partial charge in [-0.3, -0.25) is 0 Å². The summed E-state index contributed by atoms with van der Waals surface area (Å²) in [4.78, 5) is 2.40. The standard InChI is InChI=1S/C11H14BrN/c1-13(10-6-7-10)11-5-3-2-4-9(11)8-12/h2-5,10H,6-8H2,1H3. The monoisotopic (exact) mass is 239 g/mol. The summed E-state index contributed by atoms with van der Waals surface area (Å²) >= 11 is 3.52. The van der Waals surface area contributed by atoms with E-state index in [1.165, 1.54) is 24.1 Å². The van der Waals surface area contributed by atoms with Crippen molar-refractivity contribution in [2.45, 2.75) is 24.2 Å². The molecule has 13 heavy (non-hydrogen) atoms. The number of anilines is 1. The molecule has 0 N–H and O–H groups in total. The van der Waals surface area contributed by atoms with Gasteiger partial charge in [0.2, 0.25) is 0 Å². The van der Waals surface area contributed by atoms with E-state index in [2.05, 4.69) is 52.1 Å². The summed E-state index contributed by atoms with van der Waals surface area (Å²) in [6.07, 6.45) is 2.71. The summed E-state index contributed by atoms with van der Waals surface area (Å²) in [5.74, 6) is 0. The molecule has 1 aliphatic rings. The highest BCUT2D eigenvalue weighted by Crippen LogP contribution is 2.32. The van der Waals surface area contributed by atoms with Crippen molar-refractivity contribution < 1.29 is 0 Å².